The molecule has 0 spiro atoms. The SMILES string of the molecule is O=C(O)c1cc(Br)cnc1Cc1ccc2c(ccn2-c2ccccc2)c1. The van der Waals surface area contributed by atoms with Gasteiger partial charge in [-0.05, 0) is 57.9 Å². The van der Waals surface area contributed by atoms with Crippen LogP contribution in [0, 0.1) is 0 Å². The van der Waals surface area contributed by atoms with Crippen molar-refractivity contribution in [3.05, 3.63) is 94.4 Å². The zero-order valence-corrected chi connectivity index (χ0v) is 15.3. The van der Waals surface area contributed by atoms with Crippen molar-refractivity contribution in [1.29, 1.82) is 0 Å². The maximum atomic E-state index is 11.5. The molecule has 128 valence electrons. The van der Waals surface area contributed by atoms with Gasteiger partial charge in [-0.1, -0.05) is 24.3 Å². The Morgan fingerprint density at radius 2 is 1.88 bits per heavy atom. The van der Waals surface area contributed by atoms with Gasteiger partial charge < -0.3 is 9.67 Å². The van der Waals surface area contributed by atoms with E-state index in [2.05, 4.69) is 55.8 Å². The number of carbonyl (C=O) groups is 1. The third-order valence-electron chi connectivity index (χ3n) is 4.33. The summed E-state index contributed by atoms with van der Waals surface area (Å²) in [6.07, 6.45) is 4.15. The number of halogens is 1. The number of hydrogen-bond donors (Lipinski definition) is 1. The maximum absolute atomic E-state index is 11.5. The van der Waals surface area contributed by atoms with E-state index in [9.17, 15) is 9.90 Å². The molecule has 1 N–H and O–H groups in total. The molecule has 26 heavy (non-hydrogen) atoms. The molecule has 4 nitrogen and oxygen atoms in total. The van der Waals surface area contributed by atoms with Crippen LogP contribution in [0.3, 0.4) is 0 Å². The Kier molecular flexibility index (Phi) is 4.31. The lowest BCUT2D eigenvalue weighted by Gasteiger charge is -2.08. The fourth-order valence-electron chi connectivity index (χ4n) is 3.10. The van der Waals surface area contributed by atoms with Gasteiger partial charge in [-0.2, -0.15) is 0 Å². The Hall–Kier alpha value is -2.92. The highest BCUT2D eigenvalue weighted by molar-refractivity contribution is 9.10. The smallest absolute Gasteiger partial charge is 0.337 e. The van der Waals surface area contributed by atoms with Gasteiger partial charge in [-0.3, -0.25) is 4.98 Å². The standard InChI is InChI=1S/C21H15BrN2O2/c22-16-12-18(21(25)26)19(23-13-16)11-14-6-7-20-15(10-14)8-9-24(20)17-4-2-1-3-5-17/h1-10,12-13H,11H2,(H,25,26). The molecular weight excluding hydrogens is 392 g/mol. The van der Waals surface area contributed by atoms with E-state index in [1.165, 1.54) is 0 Å². The fourth-order valence-corrected chi connectivity index (χ4v) is 3.43. The highest BCUT2D eigenvalue weighted by atomic mass is 79.9. The van der Waals surface area contributed by atoms with Crippen LogP contribution in [-0.4, -0.2) is 20.6 Å². The largest absolute Gasteiger partial charge is 0.478 e. The van der Waals surface area contributed by atoms with Crippen molar-refractivity contribution in [2.75, 3.05) is 0 Å². The number of aromatic nitrogens is 2. The van der Waals surface area contributed by atoms with Crippen LogP contribution in [0.25, 0.3) is 16.6 Å². The molecule has 4 aromatic rings. The summed E-state index contributed by atoms with van der Waals surface area (Å²) in [5.74, 6) is -0.967. The van der Waals surface area contributed by atoms with E-state index in [0.717, 1.165) is 22.2 Å². The van der Waals surface area contributed by atoms with Crippen LogP contribution in [0.5, 0.6) is 0 Å². The molecule has 0 unspecified atom stereocenters. The third kappa shape index (κ3) is 3.13. The topological polar surface area (TPSA) is 55.1 Å². The van der Waals surface area contributed by atoms with Gasteiger partial charge in [-0.25, -0.2) is 4.79 Å². The zero-order chi connectivity index (χ0) is 18.1. The van der Waals surface area contributed by atoms with Crippen LogP contribution >= 0.6 is 15.9 Å². The molecule has 0 atom stereocenters. The minimum atomic E-state index is -0.967. The summed E-state index contributed by atoms with van der Waals surface area (Å²) in [5, 5.41) is 10.5. The first-order chi connectivity index (χ1) is 12.6. The lowest BCUT2D eigenvalue weighted by Crippen LogP contribution is -2.05. The third-order valence-corrected chi connectivity index (χ3v) is 4.76. The molecule has 0 aliphatic heterocycles. The van der Waals surface area contributed by atoms with Gasteiger partial charge in [0, 0.05) is 34.4 Å². The van der Waals surface area contributed by atoms with Gasteiger partial charge in [0.2, 0.25) is 0 Å². The second kappa shape index (κ2) is 6.77. The van der Waals surface area contributed by atoms with Gasteiger partial charge >= 0.3 is 5.97 Å². The van der Waals surface area contributed by atoms with Gasteiger partial charge in [-0.15, -0.1) is 0 Å². The second-order valence-electron chi connectivity index (χ2n) is 6.04. The van der Waals surface area contributed by atoms with E-state index >= 15 is 0 Å². The molecule has 0 aliphatic rings. The number of pyridine rings is 1. The summed E-state index contributed by atoms with van der Waals surface area (Å²) in [4.78, 5) is 15.8. The van der Waals surface area contributed by atoms with E-state index in [4.69, 9.17) is 0 Å². The molecule has 2 heterocycles. The van der Waals surface area contributed by atoms with Crippen molar-refractivity contribution in [2.24, 2.45) is 0 Å². The van der Waals surface area contributed by atoms with Crippen molar-refractivity contribution in [2.45, 2.75) is 6.42 Å². The highest BCUT2D eigenvalue weighted by Gasteiger charge is 2.13. The van der Waals surface area contributed by atoms with E-state index in [1.807, 2.05) is 30.5 Å². The second-order valence-corrected chi connectivity index (χ2v) is 6.96. The molecule has 4 rings (SSSR count). The molecule has 0 amide bonds. The van der Waals surface area contributed by atoms with E-state index in [-0.39, 0.29) is 5.56 Å². The van der Waals surface area contributed by atoms with Gasteiger partial charge in [0.05, 0.1) is 16.8 Å². The van der Waals surface area contributed by atoms with E-state index in [1.54, 1.807) is 12.3 Å². The van der Waals surface area contributed by atoms with Crippen LogP contribution in [0.1, 0.15) is 21.6 Å². The number of hydrogen-bond acceptors (Lipinski definition) is 2. The van der Waals surface area contributed by atoms with Gasteiger partial charge in [0.25, 0.3) is 0 Å². The number of fused-ring (bicyclic) bond motifs is 1. The molecule has 0 saturated heterocycles. The molecule has 0 fully saturated rings. The first-order valence-corrected chi connectivity index (χ1v) is 8.94. The molecule has 0 saturated carbocycles. The zero-order valence-electron chi connectivity index (χ0n) is 13.8. The first kappa shape index (κ1) is 16.5. The minimum Gasteiger partial charge on any atom is -0.478 e. The number of carboxylic acids is 1. The van der Waals surface area contributed by atoms with Crippen molar-refractivity contribution >= 4 is 32.8 Å². The predicted molar refractivity (Wildman–Crippen MR) is 105 cm³/mol. The molecule has 2 aromatic heterocycles. The van der Waals surface area contributed by atoms with Crippen LogP contribution in [0.15, 0.2) is 77.5 Å². The monoisotopic (exact) mass is 406 g/mol. The summed E-state index contributed by atoms with van der Waals surface area (Å²) in [6.45, 7) is 0. The quantitative estimate of drug-likeness (QED) is 0.514. The molecule has 0 radical (unpaired) electrons. The summed E-state index contributed by atoms with van der Waals surface area (Å²) >= 11 is 3.28. The average Bonchev–Trinajstić information content (AvgIpc) is 3.07. The Morgan fingerprint density at radius 1 is 1.08 bits per heavy atom. The summed E-state index contributed by atoms with van der Waals surface area (Å²) < 4.78 is 2.80. The fraction of sp³-hybridized carbons (Fsp3) is 0.0476. The van der Waals surface area contributed by atoms with Gasteiger partial charge in [0.1, 0.15) is 0 Å². The maximum Gasteiger partial charge on any atom is 0.337 e. The van der Waals surface area contributed by atoms with E-state index in [0.29, 0.717) is 16.6 Å². The molecule has 0 aliphatic carbocycles. The number of rotatable bonds is 4. The van der Waals surface area contributed by atoms with Crippen molar-refractivity contribution in [3.63, 3.8) is 0 Å². The highest BCUT2D eigenvalue weighted by Crippen LogP contribution is 2.24. The normalized spacial score (nSPS) is 11.0. The number of benzene rings is 2. The predicted octanol–water partition coefficient (Wildman–Crippen LogP) is 5.08. The molecule has 0 bridgehead atoms. The van der Waals surface area contributed by atoms with Crippen molar-refractivity contribution < 1.29 is 9.90 Å². The molecular formula is C21H15BrN2O2. The number of nitrogens with zero attached hydrogens (tertiary/aromatic N) is 2. The average molecular weight is 407 g/mol. The summed E-state index contributed by atoms with van der Waals surface area (Å²) in [7, 11) is 0. The van der Waals surface area contributed by atoms with Crippen molar-refractivity contribution in [3.8, 4) is 5.69 Å². The number of aromatic carboxylic acids is 1. The van der Waals surface area contributed by atoms with Crippen LogP contribution in [0.4, 0.5) is 0 Å². The minimum absolute atomic E-state index is 0.223. The summed E-state index contributed by atoms with van der Waals surface area (Å²) in [6, 6.07) is 20.0. The summed E-state index contributed by atoms with van der Waals surface area (Å²) in [5.41, 5.74) is 4.03. The first-order valence-electron chi connectivity index (χ1n) is 8.15. The van der Waals surface area contributed by atoms with Crippen LogP contribution in [0.2, 0.25) is 0 Å². The Balaban J connectivity index is 1.71. The number of carboxylic acid groups (broad SMARTS) is 1. The Labute approximate surface area is 158 Å². The molecule has 2 aromatic carbocycles. The van der Waals surface area contributed by atoms with E-state index < -0.39 is 5.97 Å². The number of para-hydroxylation sites is 1. The Morgan fingerprint density at radius 3 is 2.65 bits per heavy atom. The van der Waals surface area contributed by atoms with Crippen molar-refractivity contribution in [1.82, 2.24) is 9.55 Å². The lowest BCUT2D eigenvalue weighted by atomic mass is 10.0. The van der Waals surface area contributed by atoms with Crippen LogP contribution in [-0.2, 0) is 6.42 Å². The van der Waals surface area contributed by atoms with Gasteiger partial charge in [0.15, 0.2) is 0 Å². The van der Waals surface area contributed by atoms with Crippen LogP contribution < -0.4 is 0 Å². The Bertz CT molecular complexity index is 1100. The lowest BCUT2D eigenvalue weighted by molar-refractivity contribution is 0.0695. The molecule has 5 heteroatoms.